The Kier molecular flexibility index (Phi) is 4.22. The third-order valence-electron chi connectivity index (χ3n) is 2.06. The first-order valence-corrected chi connectivity index (χ1v) is 5.44. The second-order valence-corrected chi connectivity index (χ2v) is 4.33. The quantitative estimate of drug-likeness (QED) is 0.608. The number of carbonyl (C=O) groups excluding carboxylic acids is 1. The highest BCUT2D eigenvalue weighted by atomic mass is 32.1. The van der Waals surface area contributed by atoms with Crippen LogP contribution in [0.3, 0.4) is 0 Å². The first kappa shape index (κ1) is 13.6. The van der Waals surface area contributed by atoms with Crippen LogP contribution >= 0.6 is 11.3 Å². The third-order valence-corrected chi connectivity index (χ3v) is 3.10. The van der Waals surface area contributed by atoms with Crippen LogP contribution < -0.4 is 0 Å². The van der Waals surface area contributed by atoms with Crippen molar-refractivity contribution in [1.82, 2.24) is 0 Å². The molecule has 0 saturated heterocycles. The largest absolute Gasteiger partial charge is 0.449 e. The molecule has 0 N–H and O–H groups in total. The number of nitrogens with zero attached hydrogens (tertiary/aromatic N) is 1. The molecule has 17 heavy (non-hydrogen) atoms. The van der Waals surface area contributed by atoms with Gasteiger partial charge in [0.05, 0.1) is 5.92 Å². The second kappa shape index (κ2) is 5.26. The fourth-order valence-corrected chi connectivity index (χ4v) is 2.12. The average molecular weight is 267 g/mol. The minimum Gasteiger partial charge on any atom is -0.290 e. The Hall–Kier alpha value is -1.44. The number of nitro groups is 1. The lowest BCUT2D eigenvalue weighted by atomic mass is 10.0. The van der Waals surface area contributed by atoms with Crippen LogP contribution in [-0.2, 0) is 4.79 Å². The molecule has 8 heteroatoms. The summed E-state index contributed by atoms with van der Waals surface area (Å²) >= 11 is 1.10. The van der Waals surface area contributed by atoms with E-state index in [2.05, 4.69) is 0 Å². The van der Waals surface area contributed by atoms with Gasteiger partial charge in [-0.3, -0.25) is 14.9 Å². The Morgan fingerprint density at radius 1 is 1.53 bits per heavy atom. The molecule has 1 unspecified atom stereocenters. The van der Waals surface area contributed by atoms with Crippen molar-refractivity contribution in [1.29, 1.82) is 0 Å². The minimum absolute atomic E-state index is 0.416. The summed E-state index contributed by atoms with van der Waals surface area (Å²) in [5.74, 6) is -2.95. The number of hydrogen-bond donors (Lipinski definition) is 0. The van der Waals surface area contributed by atoms with Gasteiger partial charge in [0.25, 0.3) is 0 Å². The van der Waals surface area contributed by atoms with Crippen molar-refractivity contribution in [2.45, 2.75) is 18.5 Å². The van der Waals surface area contributed by atoms with E-state index in [0.717, 1.165) is 11.3 Å². The molecule has 0 fully saturated rings. The van der Waals surface area contributed by atoms with Crippen LogP contribution in [0.25, 0.3) is 0 Å². The van der Waals surface area contributed by atoms with Gasteiger partial charge in [-0.2, -0.15) is 13.2 Å². The maximum absolute atomic E-state index is 12.1. The summed E-state index contributed by atoms with van der Waals surface area (Å²) in [5, 5.41) is 12.0. The van der Waals surface area contributed by atoms with Gasteiger partial charge in [-0.1, -0.05) is 6.07 Å². The molecule has 0 spiro atoms. The molecule has 1 aromatic rings. The Bertz CT molecular complexity index is 402. The van der Waals surface area contributed by atoms with Crippen molar-refractivity contribution in [2.75, 3.05) is 6.54 Å². The van der Waals surface area contributed by atoms with Gasteiger partial charge in [-0.25, -0.2) is 0 Å². The lowest BCUT2D eigenvalue weighted by Crippen LogP contribution is -2.26. The van der Waals surface area contributed by atoms with E-state index < -0.39 is 35.8 Å². The van der Waals surface area contributed by atoms with Crippen LogP contribution in [0.5, 0.6) is 0 Å². The number of halogens is 3. The number of alkyl halides is 3. The molecular formula is C9H8F3NO3S. The van der Waals surface area contributed by atoms with Crippen LogP contribution in [0.2, 0.25) is 0 Å². The van der Waals surface area contributed by atoms with Gasteiger partial charge in [0.15, 0.2) is 0 Å². The Morgan fingerprint density at radius 3 is 2.59 bits per heavy atom. The smallest absolute Gasteiger partial charge is 0.290 e. The third kappa shape index (κ3) is 4.14. The highest BCUT2D eigenvalue weighted by Crippen LogP contribution is 2.29. The topological polar surface area (TPSA) is 60.2 Å². The second-order valence-electron chi connectivity index (χ2n) is 3.35. The predicted octanol–water partition coefficient (Wildman–Crippen LogP) is 2.63. The van der Waals surface area contributed by atoms with E-state index >= 15 is 0 Å². The van der Waals surface area contributed by atoms with E-state index in [1.807, 2.05) is 0 Å². The maximum atomic E-state index is 12.1. The van der Waals surface area contributed by atoms with Crippen LogP contribution in [0.1, 0.15) is 17.2 Å². The number of hydrogen-bond acceptors (Lipinski definition) is 4. The molecule has 0 aliphatic carbocycles. The van der Waals surface area contributed by atoms with Gasteiger partial charge in [-0.15, -0.1) is 11.3 Å². The summed E-state index contributed by atoms with van der Waals surface area (Å²) in [6, 6.07) is 3.06. The summed E-state index contributed by atoms with van der Waals surface area (Å²) < 4.78 is 36.2. The first-order chi connectivity index (χ1) is 7.80. The molecule has 0 bridgehead atoms. The van der Waals surface area contributed by atoms with E-state index in [4.69, 9.17) is 0 Å². The molecule has 0 amide bonds. The van der Waals surface area contributed by atoms with Crippen molar-refractivity contribution < 1.29 is 22.9 Å². The first-order valence-electron chi connectivity index (χ1n) is 4.56. The molecule has 1 rings (SSSR count). The highest BCUT2D eigenvalue weighted by molar-refractivity contribution is 7.10. The standard InChI is InChI=1S/C9H8F3NO3S/c10-9(11,12)8(14)4-6(5-13(15)16)7-2-1-3-17-7/h1-3,6H,4-5H2. The van der Waals surface area contributed by atoms with Gasteiger partial charge >= 0.3 is 6.18 Å². The summed E-state index contributed by atoms with van der Waals surface area (Å²) in [6.45, 7) is -0.678. The van der Waals surface area contributed by atoms with Crippen molar-refractivity contribution in [3.05, 3.63) is 32.5 Å². The Labute approximate surface area is 98.2 Å². The Morgan fingerprint density at radius 2 is 2.18 bits per heavy atom. The number of ketones is 1. The SMILES string of the molecule is O=C(CC(C[N+](=O)[O-])c1cccs1)C(F)(F)F. The molecule has 0 aliphatic heterocycles. The van der Waals surface area contributed by atoms with Crippen LogP contribution in [0.4, 0.5) is 13.2 Å². The van der Waals surface area contributed by atoms with Crippen molar-refractivity contribution in [3.63, 3.8) is 0 Å². The zero-order valence-electron chi connectivity index (χ0n) is 8.44. The molecule has 4 nitrogen and oxygen atoms in total. The van der Waals surface area contributed by atoms with Gasteiger partial charge in [0.2, 0.25) is 12.3 Å². The summed E-state index contributed by atoms with van der Waals surface area (Å²) in [7, 11) is 0. The zero-order chi connectivity index (χ0) is 13.1. The van der Waals surface area contributed by atoms with Crippen molar-refractivity contribution in [3.8, 4) is 0 Å². The summed E-state index contributed by atoms with van der Waals surface area (Å²) in [5.41, 5.74) is 0. The van der Waals surface area contributed by atoms with Crippen molar-refractivity contribution in [2.24, 2.45) is 0 Å². The number of thiophene rings is 1. The molecular weight excluding hydrogens is 259 g/mol. The molecule has 1 atom stereocenters. The van der Waals surface area contributed by atoms with Crippen LogP contribution in [-0.4, -0.2) is 23.4 Å². The number of carbonyl (C=O) groups is 1. The number of Topliss-reactive ketones (excluding diaryl/α,β-unsaturated/α-hetero) is 1. The molecule has 0 radical (unpaired) electrons. The van der Waals surface area contributed by atoms with E-state index in [9.17, 15) is 28.1 Å². The Balaban J connectivity index is 2.79. The normalized spacial score (nSPS) is 13.4. The molecule has 1 heterocycles. The molecule has 0 aliphatic rings. The van der Waals surface area contributed by atoms with Crippen LogP contribution in [0, 0.1) is 10.1 Å². The predicted molar refractivity (Wildman–Crippen MR) is 54.6 cm³/mol. The molecule has 1 aromatic heterocycles. The van der Waals surface area contributed by atoms with E-state index in [0.29, 0.717) is 4.88 Å². The van der Waals surface area contributed by atoms with E-state index in [-0.39, 0.29) is 0 Å². The lowest BCUT2D eigenvalue weighted by Gasteiger charge is -2.11. The van der Waals surface area contributed by atoms with Gasteiger partial charge in [0, 0.05) is 16.2 Å². The van der Waals surface area contributed by atoms with Crippen LogP contribution in [0.15, 0.2) is 17.5 Å². The summed E-state index contributed by atoms with van der Waals surface area (Å²) in [4.78, 5) is 20.9. The van der Waals surface area contributed by atoms with Gasteiger partial charge in [-0.05, 0) is 11.4 Å². The molecule has 0 aromatic carbocycles. The fraction of sp³-hybridized carbons (Fsp3) is 0.444. The summed E-state index contributed by atoms with van der Waals surface area (Å²) in [6.07, 6.45) is -5.82. The minimum atomic E-state index is -4.94. The number of rotatable bonds is 5. The monoisotopic (exact) mass is 267 g/mol. The van der Waals surface area contributed by atoms with Gasteiger partial charge < -0.3 is 0 Å². The van der Waals surface area contributed by atoms with Crippen molar-refractivity contribution >= 4 is 17.1 Å². The fourth-order valence-electron chi connectivity index (χ4n) is 1.30. The van der Waals surface area contributed by atoms with E-state index in [1.54, 1.807) is 11.4 Å². The zero-order valence-corrected chi connectivity index (χ0v) is 9.25. The molecule has 0 saturated carbocycles. The average Bonchev–Trinajstić information content (AvgIpc) is 2.66. The van der Waals surface area contributed by atoms with E-state index in [1.165, 1.54) is 6.07 Å². The highest BCUT2D eigenvalue weighted by Gasteiger charge is 2.40. The van der Waals surface area contributed by atoms with Gasteiger partial charge in [0.1, 0.15) is 0 Å². The lowest BCUT2D eigenvalue weighted by molar-refractivity contribution is -0.483. The maximum Gasteiger partial charge on any atom is 0.449 e. The molecule has 94 valence electrons.